The topological polar surface area (TPSA) is 52.0 Å². The number of halogens is 1. The number of hydrogen-bond acceptors (Lipinski definition) is 2. The lowest BCUT2D eigenvalue weighted by atomic mass is 9.97. The fourth-order valence-electron chi connectivity index (χ4n) is 1.51. The maximum atomic E-state index is 5.53. The van der Waals surface area contributed by atoms with E-state index in [2.05, 4.69) is 34.7 Å². The molecule has 0 aromatic heterocycles. The van der Waals surface area contributed by atoms with Crippen molar-refractivity contribution >= 4 is 22.6 Å². The Morgan fingerprint density at radius 1 is 1.33 bits per heavy atom. The molecule has 0 aromatic rings. The summed E-state index contributed by atoms with van der Waals surface area (Å²) in [7, 11) is 0. The number of allylic oxidation sites excluding steroid dienone is 3. The van der Waals surface area contributed by atoms with Gasteiger partial charge in [-0.3, -0.25) is 0 Å². The Kier molecular flexibility index (Phi) is 4.25. The van der Waals surface area contributed by atoms with Gasteiger partial charge in [-0.15, -0.1) is 0 Å². The molecular formula is C9H15IN2. The van der Waals surface area contributed by atoms with Crippen molar-refractivity contribution in [2.45, 2.75) is 12.8 Å². The Morgan fingerprint density at radius 2 is 2.08 bits per heavy atom. The summed E-state index contributed by atoms with van der Waals surface area (Å²) < 4.78 is 1.36. The van der Waals surface area contributed by atoms with Gasteiger partial charge in [0.15, 0.2) is 0 Å². The minimum absolute atomic E-state index is 0.561. The Balaban J connectivity index is 2.60. The molecule has 1 unspecified atom stereocenters. The highest BCUT2D eigenvalue weighted by Crippen LogP contribution is 2.33. The minimum Gasteiger partial charge on any atom is -0.330 e. The second-order valence-corrected chi connectivity index (χ2v) is 4.12. The molecule has 0 radical (unpaired) electrons. The molecule has 2 nitrogen and oxygen atoms in total. The molecule has 1 rings (SSSR count). The van der Waals surface area contributed by atoms with Crippen LogP contribution in [0, 0.1) is 5.92 Å². The van der Waals surface area contributed by atoms with Crippen molar-refractivity contribution in [2.75, 3.05) is 13.1 Å². The quantitative estimate of drug-likeness (QED) is 0.767. The lowest BCUT2D eigenvalue weighted by Gasteiger charge is -2.11. The van der Waals surface area contributed by atoms with E-state index in [1.165, 1.54) is 9.15 Å². The van der Waals surface area contributed by atoms with Crippen LogP contribution in [0.5, 0.6) is 0 Å². The molecule has 0 amide bonds. The van der Waals surface area contributed by atoms with Crippen LogP contribution in [0.15, 0.2) is 21.3 Å². The number of nitrogens with two attached hydrogens (primary N) is 2. The van der Waals surface area contributed by atoms with E-state index in [1.54, 1.807) is 0 Å². The summed E-state index contributed by atoms with van der Waals surface area (Å²) in [6, 6.07) is 0. The summed E-state index contributed by atoms with van der Waals surface area (Å²) in [6.45, 7) is 1.50. The number of hydrogen-bond donors (Lipinski definition) is 2. The first-order valence-electron chi connectivity index (χ1n) is 4.26. The molecule has 1 aliphatic rings. The fourth-order valence-corrected chi connectivity index (χ4v) is 2.39. The van der Waals surface area contributed by atoms with Crippen LogP contribution >= 0.6 is 22.6 Å². The molecule has 0 spiro atoms. The zero-order valence-corrected chi connectivity index (χ0v) is 9.25. The lowest BCUT2D eigenvalue weighted by molar-refractivity contribution is 0.663. The van der Waals surface area contributed by atoms with Crippen molar-refractivity contribution < 1.29 is 0 Å². The van der Waals surface area contributed by atoms with Gasteiger partial charge in [-0.1, -0.05) is 12.2 Å². The molecule has 12 heavy (non-hydrogen) atoms. The van der Waals surface area contributed by atoms with Crippen LogP contribution in [0.2, 0.25) is 0 Å². The summed E-state index contributed by atoms with van der Waals surface area (Å²) in [5, 5.41) is 0. The molecule has 1 aliphatic carbocycles. The van der Waals surface area contributed by atoms with Crippen LogP contribution in [0.1, 0.15) is 12.8 Å². The molecule has 0 bridgehead atoms. The second kappa shape index (κ2) is 4.99. The molecule has 0 saturated carbocycles. The first-order valence-corrected chi connectivity index (χ1v) is 5.34. The van der Waals surface area contributed by atoms with Crippen LogP contribution in [0.4, 0.5) is 0 Å². The molecule has 68 valence electrons. The van der Waals surface area contributed by atoms with Crippen LogP contribution in [-0.2, 0) is 0 Å². The van der Waals surface area contributed by atoms with Gasteiger partial charge in [0.05, 0.1) is 0 Å². The van der Waals surface area contributed by atoms with Crippen molar-refractivity contribution in [1.82, 2.24) is 0 Å². The van der Waals surface area contributed by atoms with Gasteiger partial charge in [0, 0.05) is 9.50 Å². The summed E-state index contributed by atoms with van der Waals surface area (Å²) in [5.74, 6) is 0.561. The SMILES string of the molecule is NCCC1=C(I)C=CC1CCN. The van der Waals surface area contributed by atoms with Crippen molar-refractivity contribution in [3.8, 4) is 0 Å². The average Bonchev–Trinajstić information content (AvgIpc) is 2.37. The van der Waals surface area contributed by atoms with Crippen LogP contribution in [-0.4, -0.2) is 13.1 Å². The van der Waals surface area contributed by atoms with E-state index in [0.717, 1.165) is 25.9 Å². The summed E-state index contributed by atoms with van der Waals surface area (Å²) in [4.78, 5) is 0. The molecule has 0 aliphatic heterocycles. The van der Waals surface area contributed by atoms with E-state index in [4.69, 9.17) is 11.5 Å². The van der Waals surface area contributed by atoms with Crippen molar-refractivity contribution in [3.63, 3.8) is 0 Å². The molecule has 1 atom stereocenters. The third-order valence-corrected chi connectivity index (χ3v) is 3.17. The van der Waals surface area contributed by atoms with Gasteiger partial charge < -0.3 is 11.5 Å². The normalized spacial score (nSPS) is 22.4. The monoisotopic (exact) mass is 278 g/mol. The summed E-state index contributed by atoms with van der Waals surface area (Å²) >= 11 is 2.37. The van der Waals surface area contributed by atoms with Gasteiger partial charge in [0.25, 0.3) is 0 Å². The zero-order valence-electron chi connectivity index (χ0n) is 7.09. The predicted molar refractivity (Wildman–Crippen MR) is 61.0 cm³/mol. The minimum atomic E-state index is 0.561. The molecule has 0 fully saturated rings. The van der Waals surface area contributed by atoms with Crippen molar-refractivity contribution in [1.29, 1.82) is 0 Å². The summed E-state index contributed by atoms with van der Waals surface area (Å²) in [5.41, 5.74) is 12.5. The van der Waals surface area contributed by atoms with Gasteiger partial charge >= 0.3 is 0 Å². The Morgan fingerprint density at radius 3 is 2.67 bits per heavy atom. The van der Waals surface area contributed by atoms with Gasteiger partial charge in [-0.2, -0.15) is 0 Å². The van der Waals surface area contributed by atoms with Gasteiger partial charge in [0.2, 0.25) is 0 Å². The zero-order chi connectivity index (χ0) is 8.97. The van der Waals surface area contributed by atoms with Gasteiger partial charge in [-0.05, 0) is 54.1 Å². The Hall–Kier alpha value is 0.130. The molecule has 4 N–H and O–H groups in total. The Bertz CT molecular complexity index is 209. The lowest BCUT2D eigenvalue weighted by Crippen LogP contribution is -2.10. The van der Waals surface area contributed by atoms with Gasteiger partial charge in [-0.25, -0.2) is 0 Å². The highest BCUT2D eigenvalue weighted by Gasteiger charge is 2.17. The first-order chi connectivity index (χ1) is 5.79. The standard InChI is InChI=1S/C9H15IN2/c10-9-2-1-7(3-5-11)8(9)4-6-12/h1-2,7H,3-6,11-12H2. The van der Waals surface area contributed by atoms with E-state index in [9.17, 15) is 0 Å². The Labute approximate surface area is 87.2 Å². The highest BCUT2D eigenvalue weighted by molar-refractivity contribution is 14.1. The third-order valence-electron chi connectivity index (χ3n) is 2.12. The average molecular weight is 278 g/mol. The maximum absolute atomic E-state index is 5.53. The smallest absolute Gasteiger partial charge is 0.0125 e. The van der Waals surface area contributed by atoms with Crippen molar-refractivity contribution in [2.24, 2.45) is 17.4 Å². The summed E-state index contributed by atoms with van der Waals surface area (Å²) in [6.07, 6.45) is 6.47. The molecular weight excluding hydrogens is 263 g/mol. The first kappa shape index (κ1) is 10.2. The maximum Gasteiger partial charge on any atom is 0.0125 e. The fraction of sp³-hybridized carbons (Fsp3) is 0.556. The van der Waals surface area contributed by atoms with Gasteiger partial charge in [0.1, 0.15) is 0 Å². The highest BCUT2D eigenvalue weighted by atomic mass is 127. The van der Waals surface area contributed by atoms with E-state index in [0.29, 0.717) is 5.92 Å². The van der Waals surface area contributed by atoms with Crippen LogP contribution in [0.25, 0.3) is 0 Å². The number of rotatable bonds is 4. The molecule has 0 heterocycles. The van der Waals surface area contributed by atoms with E-state index in [-0.39, 0.29) is 0 Å². The van der Waals surface area contributed by atoms with Crippen LogP contribution < -0.4 is 11.5 Å². The third kappa shape index (κ3) is 2.31. The van der Waals surface area contributed by atoms with Crippen LogP contribution in [0.3, 0.4) is 0 Å². The molecule has 0 saturated heterocycles. The molecule has 0 aromatic carbocycles. The largest absolute Gasteiger partial charge is 0.330 e. The van der Waals surface area contributed by atoms with E-state index in [1.807, 2.05) is 0 Å². The van der Waals surface area contributed by atoms with Crippen molar-refractivity contribution in [3.05, 3.63) is 21.3 Å². The van der Waals surface area contributed by atoms with E-state index >= 15 is 0 Å². The predicted octanol–water partition coefficient (Wildman–Crippen LogP) is 1.56. The van der Waals surface area contributed by atoms with E-state index < -0.39 is 0 Å². The molecule has 3 heteroatoms. The second-order valence-electron chi connectivity index (χ2n) is 2.95.